The summed E-state index contributed by atoms with van der Waals surface area (Å²) in [4.78, 5) is 16.6. The van der Waals surface area contributed by atoms with Gasteiger partial charge in [0.15, 0.2) is 5.70 Å². The molecule has 0 radical (unpaired) electrons. The van der Waals surface area contributed by atoms with Crippen molar-refractivity contribution in [3.63, 3.8) is 0 Å². The van der Waals surface area contributed by atoms with Gasteiger partial charge in [0.1, 0.15) is 0 Å². The van der Waals surface area contributed by atoms with E-state index in [0.717, 1.165) is 11.1 Å². The molecule has 6 nitrogen and oxygen atoms in total. The Labute approximate surface area is 165 Å². The number of ether oxygens (including phenoxy) is 1. The summed E-state index contributed by atoms with van der Waals surface area (Å²) < 4.78 is 32.1. The quantitative estimate of drug-likeness (QED) is 0.552. The zero-order chi connectivity index (χ0) is 20.3. The summed E-state index contributed by atoms with van der Waals surface area (Å²) in [6.07, 6.45) is 1.64. The Morgan fingerprint density at radius 3 is 2.39 bits per heavy atom. The average molecular weight is 398 g/mol. The minimum Gasteiger partial charge on any atom is -0.402 e. The number of carbonyl (C=O) groups is 1. The monoisotopic (exact) mass is 398 g/mol. The Balaban J connectivity index is 1.94. The van der Waals surface area contributed by atoms with Gasteiger partial charge >= 0.3 is 5.97 Å². The third kappa shape index (κ3) is 4.05. The first-order valence-electron chi connectivity index (χ1n) is 9.05. The molecule has 0 spiro atoms. The molecule has 7 heteroatoms. The minimum atomic E-state index is -3.61. The molecule has 2 aromatic rings. The van der Waals surface area contributed by atoms with Crippen LogP contribution in [0.4, 0.5) is 0 Å². The number of sulfonamides is 1. The van der Waals surface area contributed by atoms with Crippen LogP contribution in [0.3, 0.4) is 0 Å². The third-order valence-electron chi connectivity index (χ3n) is 4.43. The summed E-state index contributed by atoms with van der Waals surface area (Å²) in [5.74, 6) is -0.465. The molecule has 1 aliphatic heterocycles. The smallest absolute Gasteiger partial charge is 0.363 e. The lowest BCUT2D eigenvalue weighted by atomic mass is 10.1. The molecule has 0 saturated heterocycles. The van der Waals surface area contributed by atoms with Gasteiger partial charge in [0, 0.05) is 18.7 Å². The highest BCUT2D eigenvalue weighted by Gasteiger charge is 2.27. The molecular weight excluding hydrogens is 376 g/mol. The molecule has 0 saturated carbocycles. The molecule has 0 atom stereocenters. The van der Waals surface area contributed by atoms with Crippen LogP contribution in [0.25, 0.3) is 6.08 Å². The van der Waals surface area contributed by atoms with Crippen molar-refractivity contribution in [2.45, 2.75) is 25.7 Å². The van der Waals surface area contributed by atoms with Crippen molar-refractivity contribution in [3.05, 3.63) is 70.9 Å². The van der Waals surface area contributed by atoms with E-state index in [1.807, 2.05) is 31.2 Å². The van der Waals surface area contributed by atoms with Crippen LogP contribution in [-0.2, 0) is 19.6 Å². The first kappa shape index (κ1) is 20.0. The van der Waals surface area contributed by atoms with E-state index >= 15 is 0 Å². The number of esters is 1. The van der Waals surface area contributed by atoms with Crippen LogP contribution in [0.1, 0.15) is 30.5 Å². The van der Waals surface area contributed by atoms with Gasteiger partial charge < -0.3 is 4.74 Å². The number of hydrogen-bond acceptors (Lipinski definition) is 5. The molecule has 0 unspecified atom stereocenters. The first-order valence-corrected chi connectivity index (χ1v) is 10.5. The fourth-order valence-corrected chi connectivity index (χ4v) is 4.36. The Kier molecular flexibility index (Phi) is 5.76. The second-order valence-electron chi connectivity index (χ2n) is 6.36. The van der Waals surface area contributed by atoms with Crippen molar-refractivity contribution in [3.8, 4) is 0 Å². The fraction of sp³-hybridized carbons (Fsp3) is 0.238. The van der Waals surface area contributed by atoms with Crippen molar-refractivity contribution < 1.29 is 17.9 Å². The lowest BCUT2D eigenvalue weighted by molar-refractivity contribution is -0.129. The van der Waals surface area contributed by atoms with Crippen LogP contribution < -0.4 is 0 Å². The Hall–Kier alpha value is -2.77. The molecule has 0 aliphatic carbocycles. The molecule has 0 amide bonds. The number of hydrogen-bond donors (Lipinski definition) is 0. The molecule has 3 rings (SSSR count). The van der Waals surface area contributed by atoms with Gasteiger partial charge in [0.2, 0.25) is 15.9 Å². The van der Waals surface area contributed by atoms with Gasteiger partial charge in [0.05, 0.1) is 4.90 Å². The van der Waals surface area contributed by atoms with E-state index in [2.05, 4.69) is 4.99 Å². The maximum Gasteiger partial charge on any atom is 0.363 e. The summed E-state index contributed by atoms with van der Waals surface area (Å²) in [5, 5.41) is 0. The van der Waals surface area contributed by atoms with Crippen molar-refractivity contribution in [1.82, 2.24) is 4.31 Å². The van der Waals surface area contributed by atoms with Crippen molar-refractivity contribution in [2.24, 2.45) is 4.99 Å². The Morgan fingerprint density at radius 1 is 1.07 bits per heavy atom. The number of aryl methyl sites for hydroxylation is 1. The number of carbonyl (C=O) groups excluding carboxylic acids is 1. The molecule has 146 valence electrons. The summed E-state index contributed by atoms with van der Waals surface area (Å²) >= 11 is 0. The van der Waals surface area contributed by atoms with E-state index in [1.54, 1.807) is 32.1 Å². The van der Waals surface area contributed by atoms with Gasteiger partial charge in [-0.1, -0.05) is 49.7 Å². The standard InChI is InChI=1S/C21H22N2O4S/c1-4-23(5-2)28(25,26)18-8-6-7-17(14-18)20-22-19(21(24)27-20)13-16-11-9-15(3)10-12-16/h6-14H,4-5H2,1-3H3. The van der Waals surface area contributed by atoms with Gasteiger partial charge in [0.25, 0.3) is 0 Å². The molecule has 28 heavy (non-hydrogen) atoms. The summed E-state index contributed by atoms with van der Waals surface area (Å²) in [5.41, 5.74) is 2.57. The molecule has 0 fully saturated rings. The number of rotatable bonds is 6. The van der Waals surface area contributed by atoms with Gasteiger partial charge in [-0.3, -0.25) is 0 Å². The third-order valence-corrected chi connectivity index (χ3v) is 6.47. The molecule has 0 aromatic heterocycles. The second-order valence-corrected chi connectivity index (χ2v) is 8.30. The predicted molar refractivity (Wildman–Crippen MR) is 108 cm³/mol. The lowest BCUT2D eigenvalue weighted by Crippen LogP contribution is -2.30. The second kappa shape index (κ2) is 8.08. The van der Waals surface area contributed by atoms with E-state index in [1.165, 1.54) is 16.4 Å². The lowest BCUT2D eigenvalue weighted by Gasteiger charge is -2.18. The maximum absolute atomic E-state index is 12.7. The SMILES string of the molecule is CCN(CC)S(=O)(=O)c1cccc(C2=NC(=Cc3ccc(C)cc3)C(=O)O2)c1. The van der Waals surface area contributed by atoms with Crippen molar-refractivity contribution in [1.29, 1.82) is 0 Å². The fourth-order valence-electron chi connectivity index (χ4n) is 2.86. The van der Waals surface area contributed by atoms with Crippen LogP contribution in [0.2, 0.25) is 0 Å². The van der Waals surface area contributed by atoms with E-state index in [0.29, 0.717) is 18.7 Å². The minimum absolute atomic E-state index is 0.0972. The normalized spacial score (nSPS) is 15.8. The number of nitrogens with zero attached hydrogens (tertiary/aromatic N) is 2. The molecule has 0 N–H and O–H groups in total. The maximum atomic E-state index is 12.7. The van der Waals surface area contributed by atoms with Crippen LogP contribution in [0.15, 0.2) is 64.1 Å². The van der Waals surface area contributed by atoms with Crippen LogP contribution in [0, 0.1) is 6.92 Å². The summed E-state index contributed by atoms with van der Waals surface area (Å²) in [6.45, 7) is 6.31. The van der Waals surface area contributed by atoms with E-state index < -0.39 is 16.0 Å². The van der Waals surface area contributed by atoms with E-state index in [9.17, 15) is 13.2 Å². The van der Waals surface area contributed by atoms with Crippen LogP contribution >= 0.6 is 0 Å². The van der Waals surface area contributed by atoms with Crippen LogP contribution in [-0.4, -0.2) is 37.7 Å². The first-order chi connectivity index (χ1) is 13.3. The highest BCUT2D eigenvalue weighted by Crippen LogP contribution is 2.22. The van der Waals surface area contributed by atoms with E-state index in [-0.39, 0.29) is 16.5 Å². The largest absolute Gasteiger partial charge is 0.402 e. The van der Waals surface area contributed by atoms with Gasteiger partial charge in [-0.25, -0.2) is 18.2 Å². The molecule has 0 bridgehead atoms. The van der Waals surface area contributed by atoms with Crippen LogP contribution in [0.5, 0.6) is 0 Å². The topological polar surface area (TPSA) is 76.0 Å². The number of aliphatic imine (C=N–C) groups is 1. The number of cyclic esters (lactones) is 1. The Bertz CT molecular complexity index is 1050. The molecule has 1 heterocycles. The number of benzene rings is 2. The van der Waals surface area contributed by atoms with Crippen molar-refractivity contribution in [2.75, 3.05) is 13.1 Å². The summed E-state index contributed by atoms with van der Waals surface area (Å²) in [6, 6.07) is 14.0. The highest BCUT2D eigenvalue weighted by atomic mass is 32.2. The zero-order valence-electron chi connectivity index (χ0n) is 16.0. The van der Waals surface area contributed by atoms with Gasteiger partial charge in [-0.05, 0) is 36.8 Å². The van der Waals surface area contributed by atoms with Crippen molar-refractivity contribution >= 4 is 28.0 Å². The van der Waals surface area contributed by atoms with Gasteiger partial charge in [-0.2, -0.15) is 4.31 Å². The van der Waals surface area contributed by atoms with Gasteiger partial charge in [-0.15, -0.1) is 0 Å². The molecule has 2 aromatic carbocycles. The predicted octanol–water partition coefficient (Wildman–Crippen LogP) is 3.37. The molecular formula is C21H22N2O4S. The Morgan fingerprint density at radius 2 is 1.75 bits per heavy atom. The average Bonchev–Trinajstić information content (AvgIpc) is 3.05. The summed E-state index contributed by atoms with van der Waals surface area (Å²) in [7, 11) is -3.61. The molecule has 1 aliphatic rings. The highest BCUT2D eigenvalue weighted by molar-refractivity contribution is 7.89. The zero-order valence-corrected chi connectivity index (χ0v) is 16.9. The van der Waals surface area contributed by atoms with E-state index in [4.69, 9.17) is 4.74 Å².